The molecule has 0 radical (unpaired) electrons. The minimum atomic E-state index is -0.270. The smallest absolute Gasteiger partial charge is 0.410 e. The van der Waals surface area contributed by atoms with Crippen molar-refractivity contribution in [3.05, 3.63) is 71.2 Å². The Morgan fingerprint density at radius 1 is 1.08 bits per heavy atom. The molecule has 3 aliphatic heterocycles. The molecule has 0 spiro atoms. The van der Waals surface area contributed by atoms with Crippen LogP contribution in [0, 0.1) is 11.8 Å². The van der Waals surface area contributed by atoms with Gasteiger partial charge in [0.2, 0.25) is 0 Å². The van der Waals surface area contributed by atoms with Crippen LogP contribution in [0.3, 0.4) is 0 Å². The van der Waals surface area contributed by atoms with Crippen molar-refractivity contribution >= 4 is 23.2 Å². The molecule has 192 valence electrons. The second-order valence-electron chi connectivity index (χ2n) is 10.1. The van der Waals surface area contributed by atoms with Crippen LogP contribution in [0.25, 0.3) is 11.2 Å². The largest absolute Gasteiger partial charge is 0.450 e. The molecule has 2 amide bonds. The van der Waals surface area contributed by atoms with Gasteiger partial charge in [0.25, 0.3) is 5.91 Å². The van der Waals surface area contributed by atoms with Crippen LogP contribution in [-0.2, 0) is 11.2 Å². The molecule has 0 saturated carbocycles. The lowest BCUT2D eigenvalue weighted by atomic mass is 10.0. The van der Waals surface area contributed by atoms with Crippen molar-refractivity contribution in [2.24, 2.45) is 11.8 Å². The van der Waals surface area contributed by atoms with Crippen molar-refractivity contribution in [1.82, 2.24) is 29.7 Å². The third-order valence-electron chi connectivity index (χ3n) is 7.73. The minimum absolute atomic E-state index is 0.124. The highest BCUT2D eigenvalue weighted by molar-refractivity contribution is 5.94. The number of rotatable bonds is 5. The summed E-state index contributed by atoms with van der Waals surface area (Å²) in [5.41, 5.74) is 4.82. The van der Waals surface area contributed by atoms with Crippen LogP contribution in [0.5, 0.6) is 0 Å². The molecular weight excluding hydrogens is 468 g/mol. The minimum Gasteiger partial charge on any atom is -0.450 e. The van der Waals surface area contributed by atoms with Gasteiger partial charge >= 0.3 is 6.09 Å². The molecule has 2 saturated heterocycles. The fourth-order valence-electron chi connectivity index (χ4n) is 5.72. The normalized spacial score (nSPS) is 21.3. The number of benzene rings is 1. The maximum absolute atomic E-state index is 13.0. The number of hydrogen-bond acceptors (Lipinski definition) is 6. The van der Waals surface area contributed by atoms with Gasteiger partial charge in [0.1, 0.15) is 0 Å². The van der Waals surface area contributed by atoms with Crippen LogP contribution >= 0.6 is 0 Å². The monoisotopic (exact) mass is 500 g/mol. The number of ether oxygens (including phenoxy) is 1. The Bertz CT molecular complexity index is 1340. The predicted octanol–water partition coefficient (Wildman–Crippen LogP) is 2.86. The summed E-state index contributed by atoms with van der Waals surface area (Å²) in [4.78, 5) is 33.6. The highest BCUT2D eigenvalue weighted by atomic mass is 16.6. The number of hydrogen-bond donors (Lipinski definition) is 1. The number of likely N-dealkylation sites (tertiary alicyclic amines) is 1. The number of fused-ring (bicyclic) bond motifs is 2. The molecule has 6 rings (SSSR count). The molecule has 5 heterocycles. The average Bonchev–Trinajstić information content (AvgIpc) is 3.64. The Balaban J connectivity index is 1.14. The molecule has 3 aliphatic rings. The third kappa shape index (κ3) is 4.71. The Kier molecular flexibility index (Phi) is 6.38. The van der Waals surface area contributed by atoms with E-state index in [0.29, 0.717) is 38.0 Å². The molecule has 2 atom stereocenters. The van der Waals surface area contributed by atoms with E-state index in [-0.39, 0.29) is 12.0 Å². The molecule has 9 nitrogen and oxygen atoms in total. The Morgan fingerprint density at radius 3 is 2.57 bits per heavy atom. The van der Waals surface area contributed by atoms with E-state index in [0.717, 1.165) is 66.3 Å². The van der Waals surface area contributed by atoms with Crippen molar-refractivity contribution < 1.29 is 14.3 Å². The number of nitrogens with zero attached hydrogens (tertiary/aromatic N) is 5. The van der Waals surface area contributed by atoms with Crippen LogP contribution in [0.1, 0.15) is 40.7 Å². The topological polar surface area (TPSA) is 92.1 Å². The molecule has 3 aromatic rings. The van der Waals surface area contributed by atoms with Crippen LogP contribution < -0.4 is 5.32 Å². The molecule has 1 aromatic carbocycles. The maximum atomic E-state index is 13.0. The second-order valence-corrected chi connectivity index (χ2v) is 10.1. The van der Waals surface area contributed by atoms with Crippen LogP contribution in [0.15, 0.2) is 48.7 Å². The summed E-state index contributed by atoms with van der Waals surface area (Å²) in [7, 11) is 0. The SMILES string of the molecule is CCOC(=O)N1CC=C(c2cccn3nc(Cc4ccc(C(=O)N5C[C@H]6CNC[C@H]6C5)cc4)nc23)CC1. The zero-order chi connectivity index (χ0) is 25.4. The number of carbonyl (C=O) groups excluding carboxylic acids is 2. The number of nitrogens with one attached hydrogen (secondary N) is 1. The number of pyridine rings is 1. The summed E-state index contributed by atoms with van der Waals surface area (Å²) in [5.74, 6) is 2.04. The van der Waals surface area contributed by atoms with Gasteiger partial charge in [0.15, 0.2) is 11.5 Å². The predicted molar refractivity (Wildman–Crippen MR) is 139 cm³/mol. The molecule has 1 N–H and O–H groups in total. The fraction of sp³-hybridized carbons (Fsp3) is 0.429. The van der Waals surface area contributed by atoms with Crippen molar-refractivity contribution in [1.29, 1.82) is 0 Å². The summed E-state index contributed by atoms with van der Waals surface area (Å²) in [5, 5.41) is 8.12. The van der Waals surface area contributed by atoms with Gasteiger partial charge in [-0.1, -0.05) is 18.2 Å². The van der Waals surface area contributed by atoms with E-state index in [9.17, 15) is 9.59 Å². The zero-order valence-electron chi connectivity index (χ0n) is 21.1. The lowest BCUT2D eigenvalue weighted by Crippen LogP contribution is -2.35. The zero-order valence-corrected chi connectivity index (χ0v) is 21.1. The summed E-state index contributed by atoms with van der Waals surface area (Å²) >= 11 is 0. The lowest BCUT2D eigenvalue weighted by Gasteiger charge is -2.25. The first-order chi connectivity index (χ1) is 18.1. The van der Waals surface area contributed by atoms with E-state index in [4.69, 9.17) is 14.8 Å². The molecule has 0 aliphatic carbocycles. The van der Waals surface area contributed by atoms with Gasteiger partial charge in [-0.3, -0.25) is 4.79 Å². The first-order valence-electron chi connectivity index (χ1n) is 13.1. The Labute approximate surface area is 216 Å². The van der Waals surface area contributed by atoms with Gasteiger partial charge in [-0.2, -0.15) is 5.10 Å². The van der Waals surface area contributed by atoms with E-state index >= 15 is 0 Å². The molecule has 2 aromatic heterocycles. The van der Waals surface area contributed by atoms with Gasteiger partial charge < -0.3 is 19.9 Å². The first kappa shape index (κ1) is 23.7. The van der Waals surface area contributed by atoms with Crippen LogP contribution in [0.4, 0.5) is 4.79 Å². The third-order valence-corrected chi connectivity index (χ3v) is 7.73. The number of amides is 2. The van der Waals surface area contributed by atoms with E-state index in [1.807, 2.05) is 52.9 Å². The Morgan fingerprint density at radius 2 is 1.86 bits per heavy atom. The van der Waals surface area contributed by atoms with Crippen molar-refractivity contribution in [3.63, 3.8) is 0 Å². The van der Waals surface area contributed by atoms with Crippen LogP contribution in [-0.4, -0.2) is 82.3 Å². The van der Waals surface area contributed by atoms with Gasteiger partial charge in [-0.25, -0.2) is 14.3 Å². The molecule has 9 heteroatoms. The average molecular weight is 501 g/mol. The fourth-order valence-corrected chi connectivity index (χ4v) is 5.72. The first-order valence-corrected chi connectivity index (χ1v) is 13.1. The van der Waals surface area contributed by atoms with Gasteiger partial charge in [0, 0.05) is 63.0 Å². The molecule has 37 heavy (non-hydrogen) atoms. The standard InChI is InChI=1S/C28H32N6O3/c1-2-37-28(36)32-12-9-20(10-13-32)24-4-3-11-34-26(24)30-25(31-34)14-19-5-7-21(8-6-19)27(35)33-17-22-15-29-16-23(22)18-33/h3-9,11,22-23,29H,2,10,12-18H2,1H3/t22-,23+. The summed E-state index contributed by atoms with van der Waals surface area (Å²) in [6.45, 7) is 7.08. The lowest BCUT2D eigenvalue weighted by molar-refractivity contribution is 0.0781. The summed E-state index contributed by atoms with van der Waals surface area (Å²) in [6.07, 6.45) is 5.04. The molecule has 2 fully saturated rings. The summed E-state index contributed by atoms with van der Waals surface area (Å²) < 4.78 is 6.94. The Hall–Kier alpha value is -3.72. The van der Waals surface area contributed by atoms with Crippen LogP contribution in [0.2, 0.25) is 0 Å². The molecule has 0 unspecified atom stereocenters. The quantitative estimate of drug-likeness (QED) is 0.579. The van der Waals surface area contributed by atoms with Crippen molar-refractivity contribution in [3.8, 4) is 0 Å². The highest BCUT2D eigenvalue weighted by Gasteiger charge is 2.38. The van der Waals surface area contributed by atoms with E-state index in [1.165, 1.54) is 0 Å². The maximum Gasteiger partial charge on any atom is 0.410 e. The van der Waals surface area contributed by atoms with Gasteiger partial charge in [0.05, 0.1) is 6.61 Å². The van der Waals surface area contributed by atoms with E-state index in [2.05, 4.69) is 17.5 Å². The molecular formula is C28H32N6O3. The van der Waals surface area contributed by atoms with Gasteiger partial charge in [-0.15, -0.1) is 0 Å². The second kappa shape index (κ2) is 9.97. The number of carbonyl (C=O) groups is 2. The summed E-state index contributed by atoms with van der Waals surface area (Å²) in [6, 6.07) is 11.9. The molecule has 0 bridgehead atoms. The number of aromatic nitrogens is 3. The van der Waals surface area contributed by atoms with Gasteiger partial charge in [-0.05, 0) is 60.6 Å². The van der Waals surface area contributed by atoms with E-state index in [1.54, 1.807) is 4.90 Å². The van der Waals surface area contributed by atoms with E-state index < -0.39 is 0 Å². The highest BCUT2D eigenvalue weighted by Crippen LogP contribution is 2.28. The van der Waals surface area contributed by atoms with Crippen molar-refractivity contribution in [2.45, 2.75) is 19.8 Å². The van der Waals surface area contributed by atoms with Crippen molar-refractivity contribution in [2.75, 3.05) is 45.9 Å².